The Bertz CT molecular complexity index is 1200. The average Bonchev–Trinajstić information content (AvgIpc) is 2.91. The molecule has 1 aromatic heterocycles. The van der Waals surface area contributed by atoms with Gasteiger partial charge in [-0.25, -0.2) is 4.98 Å². The number of anilines is 1. The van der Waals surface area contributed by atoms with E-state index >= 15 is 0 Å². The number of nitriles is 1. The summed E-state index contributed by atoms with van der Waals surface area (Å²) < 4.78 is 5.74. The van der Waals surface area contributed by atoms with Crippen LogP contribution in [-0.2, 0) is 4.79 Å². The van der Waals surface area contributed by atoms with Gasteiger partial charge < -0.3 is 15.0 Å². The number of pyridine rings is 1. The van der Waals surface area contributed by atoms with Gasteiger partial charge in [0.2, 0.25) is 0 Å². The number of benzene rings is 2. The van der Waals surface area contributed by atoms with Gasteiger partial charge in [-0.15, -0.1) is 0 Å². The topological polar surface area (TPSA) is 95.3 Å². The summed E-state index contributed by atoms with van der Waals surface area (Å²) in [5, 5.41) is 11.8. The lowest BCUT2D eigenvalue weighted by Gasteiger charge is -2.20. The first-order valence-electron chi connectivity index (χ1n) is 9.76. The highest BCUT2D eigenvalue weighted by Gasteiger charge is 2.31. The summed E-state index contributed by atoms with van der Waals surface area (Å²) in [7, 11) is 1.61. The third kappa shape index (κ3) is 3.96. The first-order chi connectivity index (χ1) is 15.0. The molecular formula is C24H20N4O3. The smallest absolute Gasteiger partial charge is 0.270 e. The third-order valence-electron chi connectivity index (χ3n) is 5.17. The van der Waals surface area contributed by atoms with Crippen molar-refractivity contribution >= 4 is 17.5 Å². The number of carbonyl (C=O) groups is 2. The van der Waals surface area contributed by atoms with Crippen LogP contribution in [-0.4, -0.2) is 36.5 Å². The Morgan fingerprint density at radius 3 is 2.71 bits per heavy atom. The minimum absolute atomic E-state index is 0.0474. The van der Waals surface area contributed by atoms with E-state index in [9.17, 15) is 9.59 Å². The normalized spacial score (nSPS) is 15.3. The molecule has 0 radical (unpaired) electrons. The van der Waals surface area contributed by atoms with E-state index in [-0.39, 0.29) is 18.2 Å². The van der Waals surface area contributed by atoms with Crippen LogP contribution in [0.2, 0.25) is 0 Å². The van der Waals surface area contributed by atoms with Gasteiger partial charge in [0.1, 0.15) is 24.1 Å². The van der Waals surface area contributed by atoms with Crippen molar-refractivity contribution in [2.24, 2.45) is 0 Å². The number of nitrogens with one attached hydrogen (secondary N) is 1. The van der Waals surface area contributed by atoms with Crippen LogP contribution >= 0.6 is 0 Å². The third-order valence-corrected chi connectivity index (χ3v) is 5.17. The fourth-order valence-corrected chi connectivity index (χ4v) is 3.45. The van der Waals surface area contributed by atoms with Crippen molar-refractivity contribution in [1.82, 2.24) is 10.3 Å². The minimum atomic E-state index is -0.890. The number of amides is 2. The van der Waals surface area contributed by atoms with Gasteiger partial charge in [0.15, 0.2) is 0 Å². The van der Waals surface area contributed by atoms with Gasteiger partial charge in [-0.3, -0.25) is 9.59 Å². The van der Waals surface area contributed by atoms with Gasteiger partial charge >= 0.3 is 0 Å². The monoisotopic (exact) mass is 412 g/mol. The summed E-state index contributed by atoms with van der Waals surface area (Å²) in [5.74, 6) is -0.352. The molecule has 1 aliphatic heterocycles. The van der Waals surface area contributed by atoms with Crippen molar-refractivity contribution in [3.05, 3.63) is 77.5 Å². The van der Waals surface area contributed by atoms with Gasteiger partial charge in [0, 0.05) is 18.7 Å². The molecule has 154 valence electrons. The van der Waals surface area contributed by atoms with Gasteiger partial charge in [0.05, 0.1) is 23.0 Å². The van der Waals surface area contributed by atoms with Crippen molar-refractivity contribution < 1.29 is 14.3 Å². The quantitative estimate of drug-likeness (QED) is 0.713. The predicted octanol–water partition coefficient (Wildman–Crippen LogP) is 3.08. The Hall–Kier alpha value is -4.18. The van der Waals surface area contributed by atoms with E-state index in [1.54, 1.807) is 31.3 Å². The maximum atomic E-state index is 12.9. The second-order valence-electron chi connectivity index (χ2n) is 7.26. The molecule has 0 saturated heterocycles. The van der Waals surface area contributed by atoms with Crippen LogP contribution in [0.25, 0.3) is 11.3 Å². The van der Waals surface area contributed by atoms with Crippen molar-refractivity contribution in [2.45, 2.75) is 13.0 Å². The van der Waals surface area contributed by atoms with Gasteiger partial charge in [-0.05, 0) is 30.7 Å². The first-order valence-corrected chi connectivity index (χ1v) is 9.76. The molecule has 3 aromatic rings. The molecule has 1 atom stereocenters. The summed E-state index contributed by atoms with van der Waals surface area (Å²) in [5.41, 5.74) is 3.76. The lowest BCUT2D eigenvalue weighted by Crippen LogP contribution is -2.49. The second-order valence-corrected chi connectivity index (χ2v) is 7.26. The summed E-state index contributed by atoms with van der Waals surface area (Å²) >= 11 is 0. The van der Waals surface area contributed by atoms with Crippen molar-refractivity contribution in [2.75, 3.05) is 18.6 Å². The molecule has 2 aromatic carbocycles. The molecular weight excluding hydrogens is 392 g/mol. The lowest BCUT2D eigenvalue weighted by molar-refractivity contribution is -0.120. The number of ether oxygens (including phenoxy) is 1. The standard InChI is InChI=1S/C24H20N4O3/c1-15-8-10-18(26-22(15)17-6-4-3-5-7-17)23(29)27-19-14-31-21-12-16(13-25)9-11-20(21)28(2)24(19)30/h3-12,19H,14H2,1-2H3,(H,27,29). The van der Waals surface area contributed by atoms with Crippen LogP contribution in [0, 0.1) is 18.3 Å². The second kappa shape index (κ2) is 8.28. The SMILES string of the molecule is Cc1ccc(C(=O)NC2COc3cc(C#N)ccc3N(C)C2=O)nc1-c1ccccc1. The number of aryl methyl sites for hydroxylation is 1. The van der Waals surface area contributed by atoms with Crippen LogP contribution < -0.4 is 15.0 Å². The Morgan fingerprint density at radius 1 is 1.19 bits per heavy atom. The Kier molecular flexibility index (Phi) is 5.37. The number of rotatable bonds is 3. The number of hydrogen-bond donors (Lipinski definition) is 1. The number of hydrogen-bond acceptors (Lipinski definition) is 5. The Morgan fingerprint density at radius 2 is 1.97 bits per heavy atom. The van der Waals surface area contributed by atoms with Crippen LogP contribution in [0.15, 0.2) is 60.7 Å². The number of likely N-dealkylation sites (N-methyl/N-ethyl adjacent to an activating group) is 1. The molecule has 0 bridgehead atoms. The fourth-order valence-electron chi connectivity index (χ4n) is 3.45. The van der Waals surface area contributed by atoms with Crippen molar-refractivity contribution in [3.63, 3.8) is 0 Å². The first kappa shape index (κ1) is 20.1. The molecule has 1 aliphatic rings. The van der Waals surface area contributed by atoms with Crippen LogP contribution in [0.5, 0.6) is 5.75 Å². The maximum absolute atomic E-state index is 12.9. The van der Waals surface area contributed by atoms with E-state index in [0.717, 1.165) is 11.1 Å². The molecule has 0 spiro atoms. The summed E-state index contributed by atoms with van der Waals surface area (Å²) in [6, 6.07) is 19.1. The fraction of sp³-hybridized carbons (Fsp3) is 0.167. The van der Waals surface area contributed by atoms with E-state index in [1.807, 2.05) is 43.3 Å². The van der Waals surface area contributed by atoms with E-state index < -0.39 is 11.9 Å². The number of aromatic nitrogens is 1. The van der Waals surface area contributed by atoms with E-state index in [0.29, 0.717) is 22.7 Å². The molecule has 2 heterocycles. The summed E-state index contributed by atoms with van der Waals surface area (Å²) in [6.45, 7) is 1.88. The average molecular weight is 412 g/mol. The molecule has 7 nitrogen and oxygen atoms in total. The zero-order valence-electron chi connectivity index (χ0n) is 17.1. The van der Waals surface area contributed by atoms with Crippen LogP contribution in [0.3, 0.4) is 0 Å². The molecule has 0 fully saturated rings. The van der Waals surface area contributed by atoms with E-state index in [2.05, 4.69) is 16.4 Å². The van der Waals surface area contributed by atoms with E-state index in [1.165, 1.54) is 4.90 Å². The zero-order valence-corrected chi connectivity index (χ0v) is 17.1. The largest absolute Gasteiger partial charge is 0.489 e. The van der Waals surface area contributed by atoms with Gasteiger partial charge in [-0.1, -0.05) is 36.4 Å². The highest BCUT2D eigenvalue weighted by molar-refractivity contribution is 6.03. The maximum Gasteiger partial charge on any atom is 0.270 e. The van der Waals surface area contributed by atoms with Crippen LogP contribution in [0.1, 0.15) is 21.6 Å². The molecule has 1 N–H and O–H groups in total. The highest BCUT2D eigenvalue weighted by Crippen LogP contribution is 2.31. The molecule has 0 saturated carbocycles. The molecule has 1 unspecified atom stereocenters. The molecule has 2 amide bonds. The molecule has 31 heavy (non-hydrogen) atoms. The van der Waals surface area contributed by atoms with Gasteiger partial charge in [0.25, 0.3) is 11.8 Å². The van der Waals surface area contributed by atoms with Gasteiger partial charge in [-0.2, -0.15) is 5.26 Å². The number of fused-ring (bicyclic) bond motifs is 1. The van der Waals surface area contributed by atoms with Crippen LogP contribution in [0.4, 0.5) is 5.69 Å². The highest BCUT2D eigenvalue weighted by atomic mass is 16.5. The molecule has 7 heteroatoms. The van der Waals surface area contributed by atoms with Crippen molar-refractivity contribution in [3.8, 4) is 23.1 Å². The Balaban J connectivity index is 1.57. The zero-order chi connectivity index (χ0) is 22.0. The Labute approximate surface area is 179 Å². The van der Waals surface area contributed by atoms with E-state index in [4.69, 9.17) is 10.00 Å². The summed E-state index contributed by atoms with van der Waals surface area (Å²) in [6.07, 6.45) is 0. The minimum Gasteiger partial charge on any atom is -0.489 e. The lowest BCUT2D eigenvalue weighted by atomic mass is 10.1. The van der Waals surface area contributed by atoms with Crippen molar-refractivity contribution in [1.29, 1.82) is 5.26 Å². The molecule has 0 aliphatic carbocycles. The number of carbonyl (C=O) groups excluding carboxylic acids is 2. The number of nitrogens with zero attached hydrogens (tertiary/aromatic N) is 3. The molecule has 4 rings (SSSR count). The predicted molar refractivity (Wildman–Crippen MR) is 116 cm³/mol. The summed E-state index contributed by atoms with van der Waals surface area (Å²) in [4.78, 5) is 31.8.